The molecule has 6 nitrogen and oxygen atoms in total. The molecule has 0 fully saturated rings. The van der Waals surface area contributed by atoms with Gasteiger partial charge in [-0.1, -0.05) is 18.2 Å². The van der Waals surface area contributed by atoms with E-state index in [0.29, 0.717) is 11.1 Å². The number of amides is 2. The van der Waals surface area contributed by atoms with Gasteiger partial charge in [-0.15, -0.1) is 0 Å². The molecule has 118 valence electrons. The van der Waals surface area contributed by atoms with E-state index in [-0.39, 0.29) is 11.3 Å². The van der Waals surface area contributed by atoms with Crippen molar-refractivity contribution in [2.75, 3.05) is 4.90 Å². The molecular weight excluding hydrogens is 308 g/mol. The minimum atomic E-state index is -0.888. The highest BCUT2D eigenvalue weighted by Crippen LogP contribution is 2.28. The molecule has 0 N–H and O–H groups in total. The number of imide groups is 1. The zero-order chi connectivity index (χ0) is 17.3. The third-order valence-electron chi connectivity index (χ3n) is 3.60. The van der Waals surface area contributed by atoms with Gasteiger partial charge in [-0.2, -0.15) is 5.26 Å². The summed E-state index contributed by atoms with van der Waals surface area (Å²) in [5.41, 5.74) is 1.09. The van der Waals surface area contributed by atoms with Crippen LogP contribution in [0.15, 0.2) is 48.5 Å². The average molecular weight is 320 g/mol. The number of carbonyl (C=O) groups is 3. The highest BCUT2D eigenvalue weighted by molar-refractivity contribution is 6.34. The molecule has 0 saturated heterocycles. The summed E-state index contributed by atoms with van der Waals surface area (Å²) in [4.78, 5) is 37.9. The van der Waals surface area contributed by atoms with Crippen molar-refractivity contribution in [2.24, 2.45) is 0 Å². The molecule has 0 aromatic heterocycles. The van der Waals surface area contributed by atoms with Crippen molar-refractivity contribution in [3.8, 4) is 6.07 Å². The molecule has 0 unspecified atom stereocenters. The zero-order valence-electron chi connectivity index (χ0n) is 12.7. The third-order valence-corrected chi connectivity index (χ3v) is 3.60. The summed E-state index contributed by atoms with van der Waals surface area (Å²) in [5.74, 6) is -1.57. The first-order valence-corrected chi connectivity index (χ1v) is 7.21. The molecule has 1 atom stereocenters. The molecule has 0 saturated carbocycles. The molecule has 2 amide bonds. The Balaban J connectivity index is 1.94. The molecular formula is C18H12N2O4. The number of esters is 1. The van der Waals surface area contributed by atoms with Gasteiger partial charge in [0.15, 0.2) is 6.10 Å². The number of nitrogens with zero attached hydrogens (tertiary/aromatic N) is 2. The molecule has 2 aromatic rings. The smallest absolute Gasteiger partial charge is 0.339 e. The molecule has 0 radical (unpaired) electrons. The van der Waals surface area contributed by atoms with E-state index in [4.69, 9.17) is 10.00 Å². The molecule has 24 heavy (non-hydrogen) atoms. The van der Waals surface area contributed by atoms with Gasteiger partial charge in [0.05, 0.1) is 22.4 Å². The lowest BCUT2D eigenvalue weighted by atomic mass is 10.1. The summed E-state index contributed by atoms with van der Waals surface area (Å²) < 4.78 is 4.93. The van der Waals surface area contributed by atoms with Crippen LogP contribution in [0.3, 0.4) is 0 Å². The molecule has 1 aliphatic heterocycles. The first-order valence-electron chi connectivity index (χ1n) is 7.21. The highest BCUT2D eigenvalue weighted by atomic mass is 16.5. The van der Waals surface area contributed by atoms with Crippen LogP contribution >= 0.6 is 0 Å². The molecule has 0 spiro atoms. The molecule has 1 heterocycles. The summed E-state index contributed by atoms with van der Waals surface area (Å²) in [7, 11) is 0. The van der Waals surface area contributed by atoms with Crippen LogP contribution in [0, 0.1) is 11.3 Å². The Morgan fingerprint density at radius 1 is 1.08 bits per heavy atom. The Labute approximate surface area is 137 Å². The fourth-order valence-electron chi connectivity index (χ4n) is 2.45. The van der Waals surface area contributed by atoms with Crippen LogP contribution in [-0.2, 0) is 4.74 Å². The van der Waals surface area contributed by atoms with Crippen LogP contribution in [-0.4, -0.2) is 23.9 Å². The van der Waals surface area contributed by atoms with E-state index >= 15 is 0 Å². The maximum atomic E-state index is 12.5. The lowest BCUT2D eigenvalue weighted by molar-refractivity contribution is 0.0435. The van der Waals surface area contributed by atoms with E-state index in [1.54, 1.807) is 42.5 Å². The monoisotopic (exact) mass is 320 g/mol. The molecule has 2 aromatic carbocycles. The van der Waals surface area contributed by atoms with Crippen molar-refractivity contribution in [2.45, 2.75) is 13.0 Å². The van der Waals surface area contributed by atoms with E-state index in [1.165, 1.54) is 19.1 Å². The van der Waals surface area contributed by atoms with Crippen LogP contribution < -0.4 is 4.90 Å². The largest absolute Gasteiger partial charge is 0.444 e. The van der Waals surface area contributed by atoms with Gasteiger partial charge in [-0.3, -0.25) is 9.59 Å². The average Bonchev–Trinajstić information content (AvgIpc) is 2.86. The molecule has 6 heteroatoms. The van der Waals surface area contributed by atoms with Crippen LogP contribution in [0.2, 0.25) is 0 Å². The van der Waals surface area contributed by atoms with Crippen molar-refractivity contribution in [1.82, 2.24) is 0 Å². The van der Waals surface area contributed by atoms with Crippen LogP contribution in [0.1, 0.15) is 38.0 Å². The van der Waals surface area contributed by atoms with E-state index in [9.17, 15) is 14.4 Å². The first-order chi connectivity index (χ1) is 11.5. The molecule has 0 bridgehead atoms. The second-order valence-electron chi connectivity index (χ2n) is 5.22. The topological polar surface area (TPSA) is 87.5 Å². The maximum absolute atomic E-state index is 12.5. The number of hydrogen-bond donors (Lipinski definition) is 0. The summed E-state index contributed by atoms with van der Waals surface area (Å²) in [5, 5.41) is 8.70. The van der Waals surface area contributed by atoms with Gasteiger partial charge in [0.2, 0.25) is 0 Å². The minimum absolute atomic E-state index is 0.158. The zero-order valence-corrected chi connectivity index (χ0v) is 12.7. The van der Waals surface area contributed by atoms with E-state index in [2.05, 4.69) is 0 Å². The quantitative estimate of drug-likeness (QED) is 0.640. The van der Waals surface area contributed by atoms with E-state index in [1.807, 2.05) is 0 Å². The Bertz CT molecular complexity index is 863. The second-order valence-corrected chi connectivity index (χ2v) is 5.22. The second kappa shape index (κ2) is 5.97. The Kier molecular flexibility index (Phi) is 3.84. The van der Waals surface area contributed by atoms with Gasteiger partial charge >= 0.3 is 5.97 Å². The van der Waals surface area contributed by atoms with Crippen LogP contribution in [0.4, 0.5) is 5.69 Å². The summed E-state index contributed by atoms with van der Waals surface area (Å²) in [6.45, 7) is 1.45. The number of carbonyl (C=O) groups excluding carboxylic acids is 3. The number of nitriles is 1. The van der Waals surface area contributed by atoms with Crippen molar-refractivity contribution >= 4 is 23.5 Å². The van der Waals surface area contributed by atoms with Gasteiger partial charge in [0.1, 0.15) is 6.07 Å². The van der Waals surface area contributed by atoms with Gasteiger partial charge in [0, 0.05) is 0 Å². The predicted octanol–water partition coefficient (Wildman–Crippen LogP) is 2.56. The minimum Gasteiger partial charge on any atom is -0.444 e. The number of hydrogen-bond acceptors (Lipinski definition) is 5. The van der Waals surface area contributed by atoms with Gasteiger partial charge < -0.3 is 4.74 Å². The summed E-state index contributed by atoms with van der Waals surface area (Å²) in [6, 6.07) is 14.3. The standard InChI is InChI=1S/C18H12N2O4/c1-11(10-19)24-18(23)12-5-4-6-13(9-12)20-16(21)14-7-2-3-8-15(14)17(20)22/h2-9,11H,1H3/t11-/m1/s1. The Hall–Kier alpha value is -3.46. The number of fused-ring (bicyclic) bond motifs is 1. The van der Waals surface area contributed by atoms with Crippen molar-refractivity contribution in [3.05, 3.63) is 65.2 Å². The molecule has 3 rings (SSSR count). The van der Waals surface area contributed by atoms with Gasteiger partial charge in [-0.25, -0.2) is 9.69 Å². The number of anilines is 1. The number of ether oxygens (including phenoxy) is 1. The van der Waals surface area contributed by atoms with Crippen molar-refractivity contribution in [1.29, 1.82) is 5.26 Å². The number of benzene rings is 2. The fourth-order valence-corrected chi connectivity index (χ4v) is 2.45. The fraction of sp³-hybridized carbons (Fsp3) is 0.111. The lowest BCUT2D eigenvalue weighted by Gasteiger charge is -2.15. The van der Waals surface area contributed by atoms with Crippen molar-refractivity contribution < 1.29 is 19.1 Å². The predicted molar refractivity (Wildman–Crippen MR) is 84.5 cm³/mol. The molecule has 0 aliphatic carbocycles. The van der Waals surface area contributed by atoms with Gasteiger partial charge in [0.25, 0.3) is 11.8 Å². The van der Waals surface area contributed by atoms with E-state index in [0.717, 1.165) is 4.90 Å². The third kappa shape index (κ3) is 2.52. The van der Waals surface area contributed by atoms with Crippen molar-refractivity contribution in [3.63, 3.8) is 0 Å². The molecule has 1 aliphatic rings. The van der Waals surface area contributed by atoms with Crippen LogP contribution in [0.25, 0.3) is 0 Å². The maximum Gasteiger partial charge on any atom is 0.339 e. The first kappa shape index (κ1) is 15.4. The Morgan fingerprint density at radius 3 is 2.29 bits per heavy atom. The highest BCUT2D eigenvalue weighted by Gasteiger charge is 2.36. The summed E-state index contributed by atoms with van der Waals surface area (Å²) in [6.07, 6.45) is -0.888. The Morgan fingerprint density at radius 2 is 1.71 bits per heavy atom. The van der Waals surface area contributed by atoms with E-state index < -0.39 is 23.9 Å². The van der Waals surface area contributed by atoms with Crippen LogP contribution in [0.5, 0.6) is 0 Å². The van der Waals surface area contributed by atoms with Gasteiger partial charge in [-0.05, 0) is 37.3 Å². The SMILES string of the molecule is C[C@H](C#N)OC(=O)c1cccc(N2C(=O)c3ccccc3C2=O)c1. The lowest BCUT2D eigenvalue weighted by Crippen LogP contribution is -2.29. The summed E-state index contributed by atoms with van der Waals surface area (Å²) >= 11 is 0. The number of rotatable bonds is 3. The normalized spacial score (nSPS) is 14.1.